The summed E-state index contributed by atoms with van der Waals surface area (Å²) >= 11 is 0. The SMILES string of the molecule is CCC(=O)NCOC(=O)C(C)(C)C. The maximum atomic E-state index is 11.2. The van der Waals surface area contributed by atoms with Gasteiger partial charge in [0.25, 0.3) is 0 Å². The first-order valence-electron chi connectivity index (χ1n) is 4.32. The molecule has 0 heterocycles. The molecule has 0 aliphatic heterocycles. The minimum Gasteiger partial charge on any atom is -0.444 e. The number of ether oxygens (including phenoxy) is 1. The van der Waals surface area contributed by atoms with Gasteiger partial charge in [-0.2, -0.15) is 0 Å². The van der Waals surface area contributed by atoms with Crippen LogP contribution in [0.3, 0.4) is 0 Å². The summed E-state index contributed by atoms with van der Waals surface area (Å²) in [5.74, 6) is -0.439. The molecule has 0 aromatic rings. The predicted octanol–water partition coefficient (Wildman–Crippen LogP) is 1.06. The molecule has 4 nitrogen and oxygen atoms in total. The molecule has 76 valence electrons. The molecular formula is C9H17NO3. The summed E-state index contributed by atoms with van der Waals surface area (Å²) in [7, 11) is 0. The van der Waals surface area contributed by atoms with Crippen molar-refractivity contribution in [2.45, 2.75) is 34.1 Å². The van der Waals surface area contributed by atoms with Gasteiger partial charge in [-0.3, -0.25) is 9.59 Å². The van der Waals surface area contributed by atoms with Crippen molar-refractivity contribution in [3.05, 3.63) is 0 Å². The van der Waals surface area contributed by atoms with Gasteiger partial charge in [-0.1, -0.05) is 6.92 Å². The minimum atomic E-state index is -0.517. The summed E-state index contributed by atoms with van der Waals surface area (Å²) in [4.78, 5) is 21.9. The highest BCUT2D eigenvalue weighted by molar-refractivity contribution is 5.77. The van der Waals surface area contributed by atoms with Gasteiger partial charge in [-0.05, 0) is 20.8 Å². The van der Waals surface area contributed by atoms with E-state index in [9.17, 15) is 9.59 Å². The van der Waals surface area contributed by atoms with E-state index in [1.54, 1.807) is 27.7 Å². The lowest BCUT2D eigenvalue weighted by Crippen LogP contribution is -2.31. The molecule has 0 aliphatic carbocycles. The Bertz CT molecular complexity index is 194. The van der Waals surface area contributed by atoms with E-state index in [-0.39, 0.29) is 18.6 Å². The van der Waals surface area contributed by atoms with Crippen molar-refractivity contribution in [2.24, 2.45) is 5.41 Å². The molecule has 0 saturated heterocycles. The van der Waals surface area contributed by atoms with Crippen LogP contribution >= 0.6 is 0 Å². The van der Waals surface area contributed by atoms with Crippen molar-refractivity contribution >= 4 is 11.9 Å². The van der Waals surface area contributed by atoms with Crippen LogP contribution < -0.4 is 5.32 Å². The molecule has 0 saturated carbocycles. The summed E-state index contributed by atoms with van der Waals surface area (Å²) < 4.78 is 4.81. The van der Waals surface area contributed by atoms with Gasteiger partial charge in [0.05, 0.1) is 5.41 Å². The lowest BCUT2D eigenvalue weighted by atomic mass is 9.98. The van der Waals surface area contributed by atoms with Gasteiger partial charge in [0.1, 0.15) is 0 Å². The molecule has 0 atom stereocenters. The zero-order valence-corrected chi connectivity index (χ0v) is 8.64. The fourth-order valence-corrected chi connectivity index (χ4v) is 0.524. The van der Waals surface area contributed by atoms with E-state index < -0.39 is 5.41 Å². The highest BCUT2D eigenvalue weighted by Crippen LogP contribution is 2.14. The van der Waals surface area contributed by atoms with E-state index in [2.05, 4.69) is 5.32 Å². The molecular weight excluding hydrogens is 170 g/mol. The summed E-state index contributed by atoms with van der Waals surface area (Å²) in [6, 6.07) is 0. The van der Waals surface area contributed by atoms with Gasteiger partial charge in [-0.25, -0.2) is 0 Å². The van der Waals surface area contributed by atoms with Gasteiger partial charge in [0.15, 0.2) is 6.73 Å². The van der Waals surface area contributed by atoms with Crippen LogP contribution in [-0.2, 0) is 14.3 Å². The second-order valence-corrected chi connectivity index (χ2v) is 3.78. The fourth-order valence-electron chi connectivity index (χ4n) is 0.524. The van der Waals surface area contributed by atoms with E-state index in [0.717, 1.165) is 0 Å². The molecule has 1 amide bonds. The van der Waals surface area contributed by atoms with Gasteiger partial charge in [0.2, 0.25) is 5.91 Å². The largest absolute Gasteiger partial charge is 0.444 e. The third-order valence-corrected chi connectivity index (χ3v) is 1.41. The number of hydrogen-bond acceptors (Lipinski definition) is 3. The second-order valence-electron chi connectivity index (χ2n) is 3.78. The third kappa shape index (κ3) is 5.22. The van der Waals surface area contributed by atoms with Crippen molar-refractivity contribution in [2.75, 3.05) is 6.73 Å². The van der Waals surface area contributed by atoms with Gasteiger partial charge in [0, 0.05) is 6.42 Å². The second kappa shape index (κ2) is 4.84. The van der Waals surface area contributed by atoms with E-state index in [4.69, 9.17) is 4.74 Å². The van der Waals surface area contributed by atoms with Crippen molar-refractivity contribution in [1.29, 1.82) is 0 Å². The summed E-state index contributed by atoms with van der Waals surface area (Å²) in [6.45, 7) is 6.98. The van der Waals surface area contributed by atoms with E-state index in [1.807, 2.05) is 0 Å². The van der Waals surface area contributed by atoms with Gasteiger partial charge < -0.3 is 10.1 Å². The Hall–Kier alpha value is -1.06. The zero-order valence-electron chi connectivity index (χ0n) is 8.64. The van der Waals surface area contributed by atoms with Crippen LogP contribution in [0.1, 0.15) is 34.1 Å². The van der Waals surface area contributed by atoms with E-state index in [1.165, 1.54) is 0 Å². The minimum absolute atomic E-state index is 0.0389. The number of hydrogen-bond donors (Lipinski definition) is 1. The summed E-state index contributed by atoms with van der Waals surface area (Å²) in [5, 5.41) is 2.45. The standard InChI is InChI=1S/C9H17NO3/c1-5-7(11)10-6-13-8(12)9(2,3)4/h5-6H2,1-4H3,(H,10,11). The van der Waals surface area contributed by atoms with Gasteiger partial charge in [-0.15, -0.1) is 0 Å². The van der Waals surface area contributed by atoms with Crippen molar-refractivity contribution in [3.63, 3.8) is 0 Å². The third-order valence-electron chi connectivity index (χ3n) is 1.41. The maximum Gasteiger partial charge on any atom is 0.312 e. The summed E-state index contributed by atoms with van der Waals surface area (Å²) in [5.41, 5.74) is -0.517. The first-order valence-corrected chi connectivity index (χ1v) is 4.32. The molecule has 0 aromatic carbocycles. The molecule has 0 aromatic heterocycles. The number of carbonyl (C=O) groups is 2. The number of esters is 1. The molecule has 13 heavy (non-hydrogen) atoms. The first kappa shape index (κ1) is 11.9. The molecule has 4 heteroatoms. The Kier molecular flexibility index (Phi) is 4.45. The Morgan fingerprint density at radius 2 is 1.85 bits per heavy atom. The quantitative estimate of drug-likeness (QED) is 0.531. The number of rotatable bonds is 3. The van der Waals surface area contributed by atoms with Crippen LogP contribution in [0.2, 0.25) is 0 Å². The lowest BCUT2D eigenvalue weighted by molar-refractivity contribution is -0.154. The smallest absolute Gasteiger partial charge is 0.312 e. The molecule has 0 spiro atoms. The lowest BCUT2D eigenvalue weighted by Gasteiger charge is -2.16. The number of amides is 1. The van der Waals surface area contributed by atoms with Crippen LogP contribution in [-0.4, -0.2) is 18.6 Å². The van der Waals surface area contributed by atoms with Crippen LogP contribution in [0.25, 0.3) is 0 Å². The topological polar surface area (TPSA) is 55.4 Å². The van der Waals surface area contributed by atoms with Crippen LogP contribution in [0.15, 0.2) is 0 Å². The molecule has 1 N–H and O–H groups in total. The Morgan fingerprint density at radius 1 is 1.31 bits per heavy atom. The van der Waals surface area contributed by atoms with E-state index >= 15 is 0 Å². The normalized spacial score (nSPS) is 10.8. The van der Waals surface area contributed by atoms with E-state index in [0.29, 0.717) is 6.42 Å². The van der Waals surface area contributed by atoms with Crippen molar-refractivity contribution in [1.82, 2.24) is 5.32 Å². The number of nitrogens with one attached hydrogen (secondary N) is 1. The Morgan fingerprint density at radius 3 is 2.23 bits per heavy atom. The van der Waals surface area contributed by atoms with Gasteiger partial charge >= 0.3 is 5.97 Å². The van der Waals surface area contributed by atoms with Crippen molar-refractivity contribution < 1.29 is 14.3 Å². The molecule has 0 unspecified atom stereocenters. The average molecular weight is 187 g/mol. The summed E-state index contributed by atoms with van der Waals surface area (Å²) in [6.07, 6.45) is 0.396. The molecule has 0 fully saturated rings. The highest BCUT2D eigenvalue weighted by Gasteiger charge is 2.22. The van der Waals surface area contributed by atoms with Crippen LogP contribution in [0.5, 0.6) is 0 Å². The molecule has 0 aliphatic rings. The zero-order chi connectivity index (χ0) is 10.5. The monoisotopic (exact) mass is 187 g/mol. The van der Waals surface area contributed by atoms with Crippen LogP contribution in [0, 0.1) is 5.41 Å². The Balaban J connectivity index is 3.67. The molecule has 0 radical (unpaired) electrons. The molecule has 0 rings (SSSR count). The first-order chi connectivity index (χ1) is 5.88. The van der Waals surface area contributed by atoms with Crippen molar-refractivity contribution in [3.8, 4) is 0 Å². The number of carbonyl (C=O) groups excluding carboxylic acids is 2. The Labute approximate surface area is 78.6 Å². The highest BCUT2D eigenvalue weighted by atomic mass is 16.5. The fraction of sp³-hybridized carbons (Fsp3) is 0.778. The molecule has 0 bridgehead atoms. The maximum absolute atomic E-state index is 11.2. The van der Waals surface area contributed by atoms with Crippen LogP contribution in [0.4, 0.5) is 0 Å². The predicted molar refractivity (Wildman–Crippen MR) is 48.8 cm³/mol. The average Bonchev–Trinajstić information content (AvgIpc) is 2.02.